The summed E-state index contributed by atoms with van der Waals surface area (Å²) in [6, 6.07) is 17.0. The van der Waals surface area contributed by atoms with Crippen LogP contribution in [0.15, 0.2) is 67.3 Å². The van der Waals surface area contributed by atoms with Crippen LogP contribution in [0.25, 0.3) is 0 Å². The molecule has 130 valence electrons. The van der Waals surface area contributed by atoms with Gasteiger partial charge in [-0.3, -0.25) is 9.59 Å². The first-order chi connectivity index (χ1) is 12.2. The first-order valence-corrected chi connectivity index (χ1v) is 8.22. The number of rotatable bonds is 9. The molecule has 0 saturated heterocycles. The van der Waals surface area contributed by atoms with Gasteiger partial charge in [-0.2, -0.15) is 0 Å². The average molecular weight is 337 g/mol. The topological polar surface area (TPSA) is 70.2 Å². The lowest BCUT2D eigenvalue weighted by Crippen LogP contribution is -2.28. The second kappa shape index (κ2) is 10.1. The van der Waals surface area contributed by atoms with E-state index in [9.17, 15) is 9.59 Å². The van der Waals surface area contributed by atoms with Gasteiger partial charge in [-0.25, -0.2) is 0 Å². The molecule has 0 fully saturated rings. The zero-order chi connectivity index (χ0) is 17.9. The second-order valence-electron chi connectivity index (χ2n) is 5.58. The van der Waals surface area contributed by atoms with Gasteiger partial charge >= 0.3 is 0 Å². The largest absolute Gasteiger partial charge is 0.326 e. The van der Waals surface area contributed by atoms with Crippen LogP contribution in [0.5, 0.6) is 0 Å². The lowest BCUT2D eigenvalue weighted by molar-refractivity contribution is -0.116. The Morgan fingerprint density at radius 3 is 2.28 bits per heavy atom. The van der Waals surface area contributed by atoms with Crippen LogP contribution in [-0.4, -0.2) is 24.9 Å². The third-order valence-corrected chi connectivity index (χ3v) is 3.49. The van der Waals surface area contributed by atoms with Gasteiger partial charge in [-0.1, -0.05) is 42.5 Å². The van der Waals surface area contributed by atoms with Crippen LogP contribution in [0.3, 0.4) is 0 Å². The van der Waals surface area contributed by atoms with E-state index in [4.69, 9.17) is 0 Å². The predicted molar refractivity (Wildman–Crippen MR) is 102 cm³/mol. The van der Waals surface area contributed by atoms with Crippen LogP contribution in [0.4, 0.5) is 11.4 Å². The van der Waals surface area contributed by atoms with Gasteiger partial charge in [0.1, 0.15) is 0 Å². The van der Waals surface area contributed by atoms with Crippen molar-refractivity contribution < 1.29 is 9.59 Å². The molecule has 0 heterocycles. The fourth-order valence-electron chi connectivity index (χ4n) is 2.29. The SMILES string of the molecule is C=CCNCC(=O)Nc1cccc(NC(=O)CCc2ccccc2)c1. The molecule has 2 aromatic rings. The third-order valence-electron chi connectivity index (χ3n) is 3.49. The summed E-state index contributed by atoms with van der Waals surface area (Å²) < 4.78 is 0. The maximum Gasteiger partial charge on any atom is 0.238 e. The number of carbonyl (C=O) groups is 2. The van der Waals surface area contributed by atoms with Gasteiger partial charge in [0.2, 0.25) is 11.8 Å². The standard InChI is InChI=1S/C20H23N3O2/c1-2-13-21-15-20(25)23-18-10-6-9-17(14-18)22-19(24)12-11-16-7-4-3-5-8-16/h2-10,14,21H,1,11-13,15H2,(H,22,24)(H,23,25). The summed E-state index contributed by atoms with van der Waals surface area (Å²) in [5, 5.41) is 8.58. The number of anilines is 2. The highest BCUT2D eigenvalue weighted by Gasteiger charge is 2.05. The van der Waals surface area contributed by atoms with E-state index in [0.717, 1.165) is 5.56 Å². The molecule has 0 aromatic heterocycles. The van der Waals surface area contributed by atoms with Crippen LogP contribution in [-0.2, 0) is 16.0 Å². The number of carbonyl (C=O) groups excluding carboxylic acids is 2. The number of benzene rings is 2. The smallest absolute Gasteiger partial charge is 0.238 e. The van der Waals surface area contributed by atoms with Crippen LogP contribution in [0.1, 0.15) is 12.0 Å². The molecule has 3 N–H and O–H groups in total. The summed E-state index contributed by atoms with van der Waals surface area (Å²) in [4.78, 5) is 23.9. The molecule has 0 saturated carbocycles. The molecule has 0 radical (unpaired) electrons. The fraction of sp³-hybridized carbons (Fsp3) is 0.200. The zero-order valence-electron chi connectivity index (χ0n) is 14.1. The molecule has 0 aliphatic carbocycles. The van der Waals surface area contributed by atoms with Gasteiger partial charge in [0.15, 0.2) is 0 Å². The van der Waals surface area contributed by atoms with Gasteiger partial charge in [0.25, 0.3) is 0 Å². The number of hydrogen-bond acceptors (Lipinski definition) is 3. The van der Waals surface area contributed by atoms with E-state index in [-0.39, 0.29) is 18.4 Å². The number of amides is 2. The zero-order valence-corrected chi connectivity index (χ0v) is 14.1. The van der Waals surface area contributed by atoms with E-state index in [1.54, 1.807) is 30.3 Å². The normalized spacial score (nSPS) is 10.1. The molecule has 0 aliphatic rings. The molecule has 5 heteroatoms. The first kappa shape index (κ1) is 18.4. The lowest BCUT2D eigenvalue weighted by atomic mass is 10.1. The summed E-state index contributed by atoms with van der Waals surface area (Å²) in [6.45, 7) is 4.36. The van der Waals surface area contributed by atoms with Crippen LogP contribution in [0, 0.1) is 0 Å². The van der Waals surface area contributed by atoms with Crippen LogP contribution in [0.2, 0.25) is 0 Å². The summed E-state index contributed by atoms with van der Waals surface area (Å²) in [6.07, 6.45) is 2.79. The Balaban J connectivity index is 1.82. The molecule has 0 aliphatic heterocycles. The van der Waals surface area contributed by atoms with Crippen molar-refractivity contribution in [3.63, 3.8) is 0 Å². The quantitative estimate of drug-likeness (QED) is 0.487. The highest BCUT2D eigenvalue weighted by atomic mass is 16.2. The van der Waals surface area contributed by atoms with E-state index in [1.165, 1.54) is 0 Å². The van der Waals surface area contributed by atoms with Crippen molar-refractivity contribution in [2.75, 3.05) is 23.7 Å². The van der Waals surface area contributed by atoms with Crippen molar-refractivity contribution in [3.05, 3.63) is 72.8 Å². The second-order valence-corrected chi connectivity index (χ2v) is 5.58. The van der Waals surface area contributed by atoms with Crippen molar-refractivity contribution >= 4 is 23.2 Å². The summed E-state index contributed by atoms with van der Waals surface area (Å²) in [7, 11) is 0. The summed E-state index contributed by atoms with van der Waals surface area (Å²) in [5.41, 5.74) is 2.44. The van der Waals surface area contributed by atoms with Crippen molar-refractivity contribution in [2.24, 2.45) is 0 Å². The Bertz CT molecular complexity index is 714. The van der Waals surface area contributed by atoms with Gasteiger partial charge in [-0.15, -0.1) is 6.58 Å². The van der Waals surface area contributed by atoms with Gasteiger partial charge in [0.05, 0.1) is 6.54 Å². The van der Waals surface area contributed by atoms with E-state index in [1.807, 2.05) is 30.3 Å². The molecular formula is C20H23N3O2. The first-order valence-electron chi connectivity index (χ1n) is 8.22. The molecule has 0 atom stereocenters. The molecule has 2 amide bonds. The van der Waals surface area contributed by atoms with E-state index in [2.05, 4.69) is 22.5 Å². The van der Waals surface area contributed by atoms with Crippen molar-refractivity contribution in [1.82, 2.24) is 5.32 Å². The molecule has 2 aromatic carbocycles. The Kier molecular flexibility index (Phi) is 7.41. The van der Waals surface area contributed by atoms with Gasteiger partial charge in [-0.05, 0) is 30.2 Å². The van der Waals surface area contributed by atoms with Crippen LogP contribution >= 0.6 is 0 Å². The molecule has 0 unspecified atom stereocenters. The van der Waals surface area contributed by atoms with Crippen molar-refractivity contribution in [2.45, 2.75) is 12.8 Å². The maximum absolute atomic E-state index is 12.1. The Labute approximate surface area is 148 Å². The van der Waals surface area contributed by atoms with Crippen molar-refractivity contribution in [1.29, 1.82) is 0 Å². The van der Waals surface area contributed by atoms with E-state index in [0.29, 0.717) is 30.8 Å². The fourth-order valence-corrected chi connectivity index (χ4v) is 2.29. The lowest BCUT2D eigenvalue weighted by Gasteiger charge is -2.09. The monoisotopic (exact) mass is 337 g/mol. The van der Waals surface area contributed by atoms with E-state index < -0.39 is 0 Å². The van der Waals surface area contributed by atoms with Crippen molar-refractivity contribution in [3.8, 4) is 0 Å². The maximum atomic E-state index is 12.1. The number of aryl methyl sites for hydroxylation is 1. The highest BCUT2D eigenvalue weighted by molar-refractivity contribution is 5.94. The Morgan fingerprint density at radius 2 is 1.60 bits per heavy atom. The molecule has 25 heavy (non-hydrogen) atoms. The molecule has 5 nitrogen and oxygen atoms in total. The third kappa shape index (κ3) is 7.01. The average Bonchev–Trinajstić information content (AvgIpc) is 2.61. The van der Waals surface area contributed by atoms with Gasteiger partial charge in [0, 0.05) is 24.3 Å². The van der Waals surface area contributed by atoms with E-state index >= 15 is 0 Å². The highest BCUT2D eigenvalue weighted by Crippen LogP contribution is 2.15. The van der Waals surface area contributed by atoms with Crippen LogP contribution < -0.4 is 16.0 Å². The summed E-state index contributed by atoms with van der Waals surface area (Å²) in [5.74, 6) is -0.200. The van der Waals surface area contributed by atoms with Gasteiger partial charge < -0.3 is 16.0 Å². The molecule has 0 spiro atoms. The number of hydrogen-bond donors (Lipinski definition) is 3. The minimum atomic E-state index is -0.144. The number of nitrogens with one attached hydrogen (secondary N) is 3. The predicted octanol–water partition coefficient (Wildman–Crippen LogP) is 2.97. The Morgan fingerprint density at radius 1 is 0.920 bits per heavy atom. The summed E-state index contributed by atoms with van der Waals surface area (Å²) >= 11 is 0. The minimum absolute atomic E-state index is 0.0556. The molecule has 0 bridgehead atoms. The minimum Gasteiger partial charge on any atom is -0.326 e. The Hall–Kier alpha value is -2.92. The molecule has 2 rings (SSSR count). The molecular weight excluding hydrogens is 314 g/mol.